The molecule has 5 N–H and O–H groups in total. The number of nitrogens with two attached hydrogens (primary N) is 2. The minimum absolute atomic E-state index is 0. The van der Waals surface area contributed by atoms with Gasteiger partial charge in [0.1, 0.15) is 5.82 Å². The van der Waals surface area contributed by atoms with Gasteiger partial charge in [-0.1, -0.05) is 30.3 Å². The van der Waals surface area contributed by atoms with Gasteiger partial charge in [-0.3, -0.25) is 0 Å². The average molecular weight is 302 g/mol. The normalized spacial score (nSPS) is 10.1. The SMILES string of the molecule is Cl.Nc1nc(N)c2cc(NCc3ccccc3)ccc2n1. The second-order valence-corrected chi connectivity index (χ2v) is 4.54. The van der Waals surface area contributed by atoms with Gasteiger partial charge in [0.2, 0.25) is 5.95 Å². The van der Waals surface area contributed by atoms with E-state index < -0.39 is 0 Å². The molecule has 1 heterocycles. The highest BCUT2D eigenvalue weighted by Gasteiger charge is 2.04. The van der Waals surface area contributed by atoms with Gasteiger partial charge in [-0.2, -0.15) is 4.98 Å². The Morgan fingerprint density at radius 1 is 0.952 bits per heavy atom. The number of benzene rings is 2. The van der Waals surface area contributed by atoms with Crippen LogP contribution in [-0.2, 0) is 6.54 Å². The minimum atomic E-state index is 0. The number of nitrogens with zero attached hydrogens (tertiary/aromatic N) is 2. The van der Waals surface area contributed by atoms with Crippen LogP contribution in [0.1, 0.15) is 5.56 Å². The standard InChI is InChI=1S/C15H15N5.ClH/c16-14-12-8-11(6-7-13(12)19-15(17)20-14)18-9-10-4-2-1-3-5-10;/h1-8,18H,9H2,(H4,16,17,19,20);1H. The van der Waals surface area contributed by atoms with Crippen LogP contribution in [0, 0.1) is 0 Å². The summed E-state index contributed by atoms with van der Waals surface area (Å²) in [6.45, 7) is 0.752. The number of nitrogen functional groups attached to an aromatic ring is 2. The first-order valence-corrected chi connectivity index (χ1v) is 6.33. The fraction of sp³-hybridized carbons (Fsp3) is 0.0667. The molecule has 0 saturated heterocycles. The lowest BCUT2D eigenvalue weighted by Gasteiger charge is -2.08. The summed E-state index contributed by atoms with van der Waals surface area (Å²) >= 11 is 0. The quantitative estimate of drug-likeness (QED) is 0.692. The molecule has 0 saturated carbocycles. The maximum Gasteiger partial charge on any atom is 0.222 e. The summed E-state index contributed by atoms with van der Waals surface area (Å²) in [5.74, 6) is 0.593. The third-order valence-electron chi connectivity index (χ3n) is 3.08. The Labute approximate surface area is 128 Å². The van der Waals surface area contributed by atoms with Crippen LogP contribution in [0.5, 0.6) is 0 Å². The number of hydrogen-bond donors (Lipinski definition) is 3. The van der Waals surface area contributed by atoms with E-state index in [-0.39, 0.29) is 18.4 Å². The lowest BCUT2D eigenvalue weighted by molar-refractivity contribution is 1.15. The van der Waals surface area contributed by atoms with Gasteiger partial charge in [-0.05, 0) is 23.8 Å². The zero-order valence-electron chi connectivity index (χ0n) is 11.3. The van der Waals surface area contributed by atoms with Crippen molar-refractivity contribution in [2.75, 3.05) is 16.8 Å². The van der Waals surface area contributed by atoms with Crippen molar-refractivity contribution >= 4 is 40.8 Å². The van der Waals surface area contributed by atoms with E-state index in [0.717, 1.165) is 23.1 Å². The van der Waals surface area contributed by atoms with Crippen LogP contribution in [-0.4, -0.2) is 9.97 Å². The topological polar surface area (TPSA) is 89.8 Å². The highest BCUT2D eigenvalue weighted by atomic mass is 35.5. The Morgan fingerprint density at radius 2 is 1.71 bits per heavy atom. The van der Waals surface area contributed by atoms with Crippen molar-refractivity contribution in [2.45, 2.75) is 6.54 Å². The van der Waals surface area contributed by atoms with Gasteiger partial charge in [0.05, 0.1) is 5.52 Å². The van der Waals surface area contributed by atoms with Crippen molar-refractivity contribution in [3.63, 3.8) is 0 Å². The van der Waals surface area contributed by atoms with Crippen LogP contribution in [0.3, 0.4) is 0 Å². The van der Waals surface area contributed by atoms with Gasteiger partial charge in [-0.15, -0.1) is 12.4 Å². The highest BCUT2D eigenvalue weighted by Crippen LogP contribution is 2.22. The molecular weight excluding hydrogens is 286 g/mol. The molecule has 0 amide bonds. The van der Waals surface area contributed by atoms with Crippen molar-refractivity contribution in [1.29, 1.82) is 0 Å². The maximum absolute atomic E-state index is 5.87. The number of halogens is 1. The second kappa shape index (κ2) is 6.28. The molecule has 1 aromatic heterocycles. The molecule has 0 aliphatic carbocycles. The highest BCUT2D eigenvalue weighted by molar-refractivity contribution is 5.91. The smallest absolute Gasteiger partial charge is 0.222 e. The van der Waals surface area contributed by atoms with Gasteiger partial charge in [0.15, 0.2) is 0 Å². The number of aromatic nitrogens is 2. The Bertz CT molecular complexity index is 746. The Kier molecular flexibility index (Phi) is 4.45. The fourth-order valence-corrected chi connectivity index (χ4v) is 2.08. The number of fused-ring (bicyclic) bond motifs is 1. The predicted molar refractivity (Wildman–Crippen MR) is 89.4 cm³/mol. The minimum Gasteiger partial charge on any atom is -0.383 e. The third kappa shape index (κ3) is 3.32. The molecule has 0 unspecified atom stereocenters. The van der Waals surface area contributed by atoms with Crippen LogP contribution >= 0.6 is 12.4 Å². The fourth-order valence-electron chi connectivity index (χ4n) is 2.08. The molecule has 0 aliphatic rings. The van der Waals surface area contributed by atoms with Gasteiger partial charge in [0, 0.05) is 17.6 Å². The summed E-state index contributed by atoms with van der Waals surface area (Å²) in [6, 6.07) is 16.0. The molecule has 5 nitrogen and oxygen atoms in total. The molecule has 0 spiro atoms. The lowest BCUT2D eigenvalue weighted by Crippen LogP contribution is -2.02. The maximum atomic E-state index is 5.87. The Hall–Kier alpha value is -2.53. The molecule has 0 fully saturated rings. The van der Waals surface area contributed by atoms with E-state index in [1.54, 1.807) is 0 Å². The van der Waals surface area contributed by atoms with Crippen molar-refractivity contribution in [3.8, 4) is 0 Å². The molecule has 6 heteroatoms. The zero-order valence-corrected chi connectivity index (χ0v) is 12.1. The number of rotatable bonds is 3. The van der Waals surface area contributed by atoms with E-state index >= 15 is 0 Å². The number of nitrogens with one attached hydrogen (secondary N) is 1. The van der Waals surface area contributed by atoms with Crippen LogP contribution in [0.4, 0.5) is 17.5 Å². The molecule has 3 aromatic rings. The van der Waals surface area contributed by atoms with Gasteiger partial charge in [-0.25, -0.2) is 4.98 Å². The first kappa shape index (κ1) is 14.9. The summed E-state index contributed by atoms with van der Waals surface area (Å²) in [5.41, 5.74) is 14.4. The first-order chi connectivity index (χ1) is 9.72. The largest absolute Gasteiger partial charge is 0.383 e. The van der Waals surface area contributed by atoms with E-state index in [1.165, 1.54) is 5.56 Å². The van der Waals surface area contributed by atoms with Crippen LogP contribution in [0.15, 0.2) is 48.5 Å². The Morgan fingerprint density at radius 3 is 2.48 bits per heavy atom. The monoisotopic (exact) mass is 301 g/mol. The lowest BCUT2D eigenvalue weighted by atomic mass is 10.2. The first-order valence-electron chi connectivity index (χ1n) is 6.33. The van der Waals surface area contributed by atoms with E-state index in [0.29, 0.717) is 5.82 Å². The van der Waals surface area contributed by atoms with E-state index in [4.69, 9.17) is 11.5 Å². The van der Waals surface area contributed by atoms with Crippen molar-refractivity contribution in [1.82, 2.24) is 9.97 Å². The zero-order chi connectivity index (χ0) is 13.9. The number of hydrogen-bond acceptors (Lipinski definition) is 5. The van der Waals surface area contributed by atoms with Crippen molar-refractivity contribution in [2.24, 2.45) is 0 Å². The van der Waals surface area contributed by atoms with Crippen molar-refractivity contribution < 1.29 is 0 Å². The van der Waals surface area contributed by atoms with Gasteiger partial charge >= 0.3 is 0 Å². The van der Waals surface area contributed by atoms with Crippen LogP contribution in [0.25, 0.3) is 10.9 Å². The third-order valence-corrected chi connectivity index (χ3v) is 3.08. The van der Waals surface area contributed by atoms with Gasteiger partial charge < -0.3 is 16.8 Å². The summed E-state index contributed by atoms with van der Waals surface area (Å²) < 4.78 is 0. The summed E-state index contributed by atoms with van der Waals surface area (Å²) in [5, 5.41) is 4.16. The van der Waals surface area contributed by atoms with Crippen molar-refractivity contribution in [3.05, 3.63) is 54.1 Å². The molecule has 2 aromatic carbocycles. The molecule has 3 rings (SSSR count). The predicted octanol–water partition coefficient (Wildman–Crippen LogP) is 2.83. The second-order valence-electron chi connectivity index (χ2n) is 4.54. The average Bonchev–Trinajstić information content (AvgIpc) is 2.46. The van der Waals surface area contributed by atoms with Crippen LogP contribution < -0.4 is 16.8 Å². The van der Waals surface area contributed by atoms with E-state index in [9.17, 15) is 0 Å². The number of anilines is 3. The summed E-state index contributed by atoms with van der Waals surface area (Å²) in [6.07, 6.45) is 0. The van der Waals surface area contributed by atoms with E-state index in [1.807, 2.05) is 36.4 Å². The van der Waals surface area contributed by atoms with Gasteiger partial charge in [0.25, 0.3) is 0 Å². The van der Waals surface area contributed by atoms with Crippen LogP contribution in [0.2, 0.25) is 0 Å². The molecule has 0 radical (unpaired) electrons. The molecule has 0 aliphatic heterocycles. The molecule has 0 bridgehead atoms. The molecular formula is C15H16ClN5. The van der Waals surface area contributed by atoms with E-state index in [2.05, 4.69) is 27.4 Å². The molecule has 21 heavy (non-hydrogen) atoms. The summed E-state index contributed by atoms with van der Waals surface area (Å²) in [7, 11) is 0. The molecule has 108 valence electrons. The Balaban J connectivity index is 0.00000161. The summed E-state index contributed by atoms with van der Waals surface area (Å²) in [4.78, 5) is 8.13. The molecule has 0 atom stereocenters.